The van der Waals surface area contributed by atoms with E-state index in [4.69, 9.17) is 10.5 Å². The Balaban J connectivity index is 0.00000276. The number of anilines is 2. The molecule has 3 aliphatic carbocycles. The van der Waals surface area contributed by atoms with E-state index in [0.717, 1.165) is 0 Å². The SMILES string of the molecule is CN(C)c1cc(NC(=O)CN2CCOCC2)c(O)c2c1CC1CC3[C@H](N(C)C)C(O)=C(C(N)=O)C(=O)[C@@]3(O)C(O)=C1C2=O.Cl.Cl. The minimum Gasteiger partial charge on any atom is -0.510 e. The number of rotatable bonds is 6. The van der Waals surface area contributed by atoms with Crippen LogP contribution in [0.3, 0.4) is 0 Å². The van der Waals surface area contributed by atoms with Crippen LogP contribution in [0, 0.1) is 11.8 Å². The molecule has 1 fully saturated rings. The van der Waals surface area contributed by atoms with Crippen LogP contribution in [-0.2, 0) is 25.5 Å². The predicted octanol–water partition coefficient (Wildman–Crippen LogP) is 0.301. The third-order valence-electron chi connectivity index (χ3n) is 8.93. The van der Waals surface area contributed by atoms with Crippen LogP contribution in [0.1, 0.15) is 22.3 Å². The van der Waals surface area contributed by atoms with Gasteiger partial charge in [0.2, 0.25) is 11.7 Å². The molecule has 45 heavy (non-hydrogen) atoms. The molecule has 1 aromatic carbocycles. The Kier molecular flexibility index (Phi) is 10.5. The van der Waals surface area contributed by atoms with E-state index in [2.05, 4.69) is 5.32 Å². The van der Waals surface area contributed by atoms with E-state index in [0.29, 0.717) is 37.6 Å². The van der Waals surface area contributed by atoms with Crippen molar-refractivity contribution in [1.29, 1.82) is 0 Å². The van der Waals surface area contributed by atoms with Crippen LogP contribution in [0.2, 0.25) is 0 Å². The Hall–Kier alpha value is -3.40. The number of carbonyl (C=O) groups is 4. The normalized spacial score (nSPS) is 26.3. The minimum atomic E-state index is -2.73. The maximum Gasteiger partial charge on any atom is 0.255 e. The number of amides is 2. The molecule has 5 rings (SSSR count). The summed E-state index contributed by atoms with van der Waals surface area (Å²) < 4.78 is 5.31. The summed E-state index contributed by atoms with van der Waals surface area (Å²) in [7, 11) is 6.64. The first-order valence-corrected chi connectivity index (χ1v) is 14.0. The summed E-state index contributed by atoms with van der Waals surface area (Å²) in [6.45, 7) is 2.18. The van der Waals surface area contributed by atoms with Crippen LogP contribution in [0.15, 0.2) is 28.7 Å². The number of benzene rings is 1. The van der Waals surface area contributed by atoms with Gasteiger partial charge in [-0.15, -0.1) is 24.8 Å². The Labute approximate surface area is 272 Å². The minimum absolute atomic E-state index is 0. The van der Waals surface area contributed by atoms with E-state index >= 15 is 0 Å². The van der Waals surface area contributed by atoms with Crippen LogP contribution in [0.4, 0.5) is 11.4 Å². The number of hydrogen-bond donors (Lipinski definition) is 6. The number of ether oxygens (including phenoxy) is 1. The molecule has 248 valence electrons. The fourth-order valence-corrected chi connectivity index (χ4v) is 6.95. The van der Waals surface area contributed by atoms with Crippen molar-refractivity contribution >= 4 is 59.6 Å². The Morgan fingerprint density at radius 3 is 2.29 bits per heavy atom. The zero-order valence-electron chi connectivity index (χ0n) is 25.3. The lowest BCUT2D eigenvalue weighted by atomic mass is 9.58. The summed E-state index contributed by atoms with van der Waals surface area (Å²) in [5, 5.41) is 48.2. The molecular weight excluding hydrogens is 633 g/mol. The van der Waals surface area contributed by atoms with Crippen LogP contribution in [0.25, 0.3) is 0 Å². The first-order valence-electron chi connectivity index (χ1n) is 14.0. The highest BCUT2D eigenvalue weighted by Crippen LogP contribution is 2.53. The molecule has 0 aromatic heterocycles. The Bertz CT molecular complexity index is 1490. The summed E-state index contributed by atoms with van der Waals surface area (Å²) in [4.78, 5) is 57.8. The van der Waals surface area contributed by atoms with E-state index in [1.54, 1.807) is 39.2 Å². The van der Waals surface area contributed by atoms with Gasteiger partial charge in [-0.25, -0.2) is 0 Å². The molecule has 1 heterocycles. The van der Waals surface area contributed by atoms with E-state index in [1.807, 2.05) is 4.90 Å². The standard InChI is InChI=1S/C29H37N5O9.2ClH/c1-32(2)17-11-16(31-18(35)12-34-5-7-43-8-6-34)23(36)20-14(17)9-13-10-15-22(33(3)4)25(38)21(28(30)41)27(40)29(15,42)26(39)19(13)24(20)37;;/h11,13,15,22,36,38-39,42H,5-10,12H2,1-4H3,(H2,30,41)(H,31,35);2*1H/t13?,15?,22-,29-;;/m0../s1. The molecule has 0 saturated carbocycles. The van der Waals surface area contributed by atoms with Crippen LogP contribution in [0.5, 0.6) is 5.75 Å². The van der Waals surface area contributed by atoms with Gasteiger partial charge in [0.05, 0.1) is 37.1 Å². The number of phenols is 1. The van der Waals surface area contributed by atoms with Gasteiger partial charge in [-0.1, -0.05) is 0 Å². The zero-order chi connectivity index (χ0) is 31.5. The molecule has 2 amide bonds. The van der Waals surface area contributed by atoms with Gasteiger partial charge >= 0.3 is 0 Å². The van der Waals surface area contributed by atoms with Gasteiger partial charge in [0.25, 0.3) is 5.91 Å². The van der Waals surface area contributed by atoms with Gasteiger partial charge in [0, 0.05) is 44.4 Å². The molecule has 0 spiro atoms. The topological polar surface area (TPSA) is 206 Å². The number of nitrogens with zero attached hydrogens (tertiary/aromatic N) is 3. The number of morpholine rings is 1. The van der Waals surface area contributed by atoms with Crippen molar-refractivity contribution in [2.45, 2.75) is 24.5 Å². The summed E-state index contributed by atoms with van der Waals surface area (Å²) in [5.41, 5.74) is 2.36. The van der Waals surface area contributed by atoms with Crippen molar-refractivity contribution < 1.29 is 44.3 Å². The Morgan fingerprint density at radius 2 is 1.73 bits per heavy atom. The van der Waals surface area contributed by atoms with Crippen LogP contribution < -0.4 is 16.0 Å². The van der Waals surface area contributed by atoms with E-state index in [1.165, 1.54) is 4.90 Å². The van der Waals surface area contributed by atoms with E-state index in [9.17, 15) is 39.6 Å². The van der Waals surface area contributed by atoms with E-state index < -0.39 is 69.7 Å². The third-order valence-corrected chi connectivity index (χ3v) is 8.93. The van der Waals surface area contributed by atoms with Crippen molar-refractivity contribution in [3.63, 3.8) is 0 Å². The molecule has 1 saturated heterocycles. The number of nitrogens with two attached hydrogens (primary N) is 1. The lowest BCUT2D eigenvalue weighted by Crippen LogP contribution is -2.63. The summed E-state index contributed by atoms with van der Waals surface area (Å²) in [6, 6.07) is 0.503. The highest BCUT2D eigenvalue weighted by Gasteiger charge is 2.63. The number of likely N-dealkylation sites (N-methyl/N-ethyl adjacent to an activating group) is 1. The monoisotopic (exact) mass is 671 g/mol. The van der Waals surface area contributed by atoms with Crippen molar-refractivity contribution in [2.24, 2.45) is 17.6 Å². The maximum atomic E-state index is 14.1. The summed E-state index contributed by atoms with van der Waals surface area (Å²) in [6.07, 6.45) is 0.120. The number of aliphatic hydroxyl groups is 3. The number of Topliss-reactive ketones (excluding diaryl/α,β-unsaturated/α-hetero) is 2. The second kappa shape index (κ2) is 13.1. The molecule has 2 unspecified atom stereocenters. The van der Waals surface area contributed by atoms with Crippen LogP contribution >= 0.6 is 24.8 Å². The lowest BCUT2D eigenvalue weighted by molar-refractivity contribution is -0.148. The fourth-order valence-electron chi connectivity index (χ4n) is 6.95. The number of allylic oxidation sites excluding steroid dienone is 1. The number of phenolic OH excluding ortho intramolecular Hbond substituents is 1. The number of carbonyl (C=O) groups excluding carboxylic acids is 4. The average molecular weight is 673 g/mol. The highest BCUT2D eigenvalue weighted by atomic mass is 35.5. The quantitative estimate of drug-likeness (QED) is 0.178. The van der Waals surface area contributed by atoms with Gasteiger partial charge in [0.15, 0.2) is 17.1 Å². The second-order valence-corrected chi connectivity index (χ2v) is 11.9. The van der Waals surface area contributed by atoms with Gasteiger partial charge < -0.3 is 41.1 Å². The third kappa shape index (κ3) is 5.75. The average Bonchev–Trinajstić information content (AvgIpc) is 2.92. The Morgan fingerprint density at radius 1 is 1.11 bits per heavy atom. The number of primary amides is 1. The number of aromatic hydroxyl groups is 1. The molecular formula is C29H39Cl2N5O9. The molecule has 0 bridgehead atoms. The number of ketones is 2. The van der Waals surface area contributed by atoms with Gasteiger partial charge in [0.1, 0.15) is 17.1 Å². The fraction of sp³-hybridized carbons (Fsp3) is 0.517. The van der Waals surface area contributed by atoms with Crippen molar-refractivity contribution in [3.05, 3.63) is 39.9 Å². The second-order valence-electron chi connectivity index (χ2n) is 11.9. The molecule has 14 nitrogen and oxygen atoms in total. The highest BCUT2D eigenvalue weighted by molar-refractivity contribution is 6.25. The van der Waals surface area contributed by atoms with Gasteiger partial charge in [-0.2, -0.15) is 0 Å². The first-order chi connectivity index (χ1) is 20.2. The number of fused-ring (bicyclic) bond motifs is 3. The smallest absolute Gasteiger partial charge is 0.255 e. The molecule has 4 aliphatic rings. The molecule has 16 heteroatoms. The maximum absolute atomic E-state index is 14.1. The molecule has 1 aromatic rings. The van der Waals surface area contributed by atoms with Gasteiger partial charge in [-0.3, -0.25) is 29.0 Å². The van der Waals surface area contributed by atoms with Crippen molar-refractivity contribution in [1.82, 2.24) is 9.80 Å². The largest absolute Gasteiger partial charge is 0.510 e. The van der Waals surface area contributed by atoms with Crippen molar-refractivity contribution in [3.8, 4) is 5.75 Å². The van der Waals surface area contributed by atoms with Gasteiger partial charge in [-0.05, 0) is 44.5 Å². The van der Waals surface area contributed by atoms with Crippen LogP contribution in [-0.4, -0.2) is 126 Å². The molecule has 7 N–H and O–H groups in total. The molecule has 0 radical (unpaired) electrons. The molecule has 1 aliphatic heterocycles. The summed E-state index contributed by atoms with van der Waals surface area (Å²) >= 11 is 0. The number of hydrogen-bond acceptors (Lipinski definition) is 12. The number of aliphatic hydroxyl groups excluding tert-OH is 2. The summed E-state index contributed by atoms with van der Waals surface area (Å²) in [5.74, 6) is -7.72. The van der Waals surface area contributed by atoms with Crippen molar-refractivity contribution in [2.75, 3.05) is 71.3 Å². The first kappa shape index (κ1) is 36.1. The number of nitrogens with one attached hydrogen (secondary N) is 1. The van der Waals surface area contributed by atoms with E-state index in [-0.39, 0.29) is 61.0 Å². The lowest BCUT2D eigenvalue weighted by Gasteiger charge is -2.50. The zero-order valence-corrected chi connectivity index (χ0v) is 27.0. The number of halogens is 2. The molecule has 4 atom stereocenters. The predicted molar refractivity (Wildman–Crippen MR) is 168 cm³/mol.